The Balaban J connectivity index is 4.19. The summed E-state index contributed by atoms with van der Waals surface area (Å²) in [5, 5.41) is 8.00. The molecule has 0 aromatic heterocycles. The zero-order chi connectivity index (χ0) is 11.9. The number of hydrogen-bond donors (Lipinski definition) is 0. The van der Waals surface area contributed by atoms with Crippen molar-refractivity contribution in [2.45, 2.75) is 53.6 Å². The van der Waals surface area contributed by atoms with E-state index in [9.17, 15) is 0 Å². The summed E-state index contributed by atoms with van der Waals surface area (Å²) in [5.74, 6) is 0. The predicted molar refractivity (Wildman–Crippen MR) is 66.5 cm³/mol. The molecule has 0 aromatic rings. The van der Waals surface area contributed by atoms with Crippen LogP contribution in [-0.4, -0.2) is 20.0 Å². The topological polar surface area (TPSA) is 43.2 Å². The van der Waals surface area contributed by atoms with Gasteiger partial charge in [-0.05, 0) is 26.7 Å². The summed E-state index contributed by atoms with van der Waals surface area (Å²) in [4.78, 5) is 0. The first-order valence-electron chi connectivity index (χ1n) is 5.34. The molecule has 0 heterocycles. The van der Waals surface area contributed by atoms with E-state index in [1.165, 1.54) is 0 Å². The van der Waals surface area contributed by atoms with E-state index in [1.54, 1.807) is 0 Å². The Morgan fingerprint density at radius 1 is 0.933 bits per heavy atom. The number of oxime groups is 2. The lowest BCUT2D eigenvalue weighted by Crippen LogP contribution is -2.31. The third-order valence-electron chi connectivity index (χ3n) is 1.87. The summed E-state index contributed by atoms with van der Waals surface area (Å²) in [5.41, 5.74) is 1.94. The Labute approximate surface area is 93.6 Å². The van der Waals surface area contributed by atoms with Crippen LogP contribution in [0.1, 0.15) is 40.5 Å². The Hall–Kier alpha value is -0.843. The monoisotopic (exact) mass is 230 g/mol. The van der Waals surface area contributed by atoms with E-state index in [4.69, 9.17) is 9.05 Å². The van der Waals surface area contributed by atoms with E-state index in [-0.39, 0.29) is 0 Å². The zero-order valence-corrected chi connectivity index (χ0v) is 11.6. The minimum absolute atomic E-state index is 0.891. The van der Waals surface area contributed by atoms with Crippen molar-refractivity contribution < 1.29 is 9.05 Å². The third-order valence-corrected chi connectivity index (χ3v) is 2.93. The molecule has 0 spiro atoms. The van der Waals surface area contributed by atoms with Gasteiger partial charge in [-0.25, -0.2) is 0 Å². The van der Waals surface area contributed by atoms with Crippen molar-refractivity contribution >= 4 is 20.0 Å². The zero-order valence-electron chi connectivity index (χ0n) is 10.6. The minimum Gasteiger partial charge on any atom is -0.408 e. The largest absolute Gasteiger partial charge is 0.503 e. The summed E-state index contributed by atoms with van der Waals surface area (Å²) in [7, 11) is -2.24. The van der Waals surface area contributed by atoms with Crippen molar-refractivity contribution in [3.8, 4) is 0 Å². The molecule has 0 aliphatic rings. The molecule has 0 bridgehead atoms. The average molecular weight is 230 g/mol. The summed E-state index contributed by atoms with van der Waals surface area (Å²) in [6.45, 7) is 11.8. The van der Waals surface area contributed by atoms with E-state index in [0.29, 0.717) is 0 Å². The van der Waals surface area contributed by atoms with Gasteiger partial charge in [0.1, 0.15) is 0 Å². The van der Waals surface area contributed by atoms with Gasteiger partial charge in [0.2, 0.25) is 0 Å². The quantitative estimate of drug-likeness (QED) is 0.399. The molecule has 0 unspecified atom stereocenters. The van der Waals surface area contributed by atoms with E-state index >= 15 is 0 Å². The lowest BCUT2D eigenvalue weighted by molar-refractivity contribution is 0.192. The molecule has 0 rings (SSSR count). The van der Waals surface area contributed by atoms with Crippen LogP contribution in [0.2, 0.25) is 13.1 Å². The highest BCUT2D eigenvalue weighted by Crippen LogP contribution is 2.08. The van der Waals surface area contributed by atoms with Gasteiger partial charge in [0, 0.05) is 13.1 Å². The van der Waals surface area contributed by atoms with Gasteiger partial charge in [0.15, 0.2) is 0 Å². The number of hydrogen-bond acceptors (Lipinski definition) is 4. The maximum atomic E-state index is 5.37. The summed E-state index contributed by atoms with van der Waals surface area (Å²) < 4.78 is 10.7. The van der Waals surface area contributed by atoms with Crippen molar-refractivity contribution in [3.05, 3.63) is 0 Å². The van der Waals surface area contributed by atoms with E-state index in [2.05, 4.69) is 10.3 Å². The first-order chi connectivity index (χ1) is 6.91. The maximum absolute atomic E-state index is 5.37. The van der Waals surface area contributed by atoms with Crippen molar-refractivity contribution in [1.29, 1.82) is 0 Å². The molecule has 15 heavy (non-hydrogen) atoms. The lowest BCUT2D eigenvalue weighted by atomic mass is 10.3. The van der Waals surface area contributed by atoms with Gasteiger partial charge in [0.05, 0.1) is 11.4 Å². The Kier molecular flexibility index (Phi) is 6.23. The molecular weight excluding hydrogens is 208 g/mol. The molecule has 0 amide bonds. The van der Waals surface area contributed by atoms with E-state index < -0.39 is 8.56 Å². The van der Waals surface area contributed by atoms with Crippen LogP contribution in [0, 0.1) is 0 Å². The fourth-order valence-electron chi connectivity index (χ4n) is 0.521. The van der Waals surface area contributed by atoms with Gasteiger partial charge in [-0.15, -0.1) is 10.3 Å². The fourth-order valence-corrected chi connectivity index (χ4v) is 1.31. The second-order valence-corrected chi connectivity index (χ2v) is 7.11. The molecule has 88 valence electrons. The van der Waals surface area contributed by atoms with Gasteiger partial charge in [0.25, 0.3) is 0 Å². The molecule has 0 fully saturated rings. The normalized spacial score (nSPS) is 14.0. The summed E-state index contributed by atoms with van der Waals surface area (Å²) in [6.07, 6.45) is 1.78. The Bertz CT molecular complexity index is 226. The van der Waals surface area contributed by atoms with Crippen LogP contribution in [0.5, 0.6) is 0 Å². The first kappa shape index (κ1) is 14.2. The molecule has 5 heteroatoms. The van der Waals surface area contributed by atoms with Gasteiger partial charge in [-0.3, -0.25) is 0 Å². The average Bonchev–Trinajstić information content (AvgIpc) is 2.22. The molecule has 0 saturated heterocycles. The highest BCUT2D eigenvalue weighted by molar-refractivity contribution is 6.64. The Morgan fingerprint density at radius 3 is 1.53 bits per heavy atom. The molecule has 0 saturated carbocycles. The fraction of sp³-hybridized carbons (Fsp3) is 0.800. The SMILES string of the molecule is CCC(C)=NO[Si](C)(C)ON=C(C)CC. The molecule has 0 aliphatic carbocycles. The van der Waals surface area contributed by atoms with Crippen LogP contribution < -0.4 is 0 Å². The van der Waals surface area contributed by atoms with Crippen LogP contribution in [0.4, 0.5) is 0 Å². The highest BCUT2D eigenvalue weighted by atomic mass is 28.4. The maximum Gasteiger partial charge on any atom is 0.503 e. The van der Waals surface area contributed by atoms with Crippen molar-refractivity contribution in [1.82, 2.24) is 0 Å². The van der Waals surface area contributed by atoms with E-state index in [1.807, 2.05) is 40.8 Å². The van der Waals surface area contributed by atoms with Crippen LogP contribution >= 0.6 is 0 Å². The molecule has 0 radical (unpaired) electrons. The Morgan fingerprint density at radius 2 is 1.27 bits per heavy atom. The minimum atomic E-state index is -2.24. The molecule has 0 aromatic carbocycles. The second-order valence-electron chi connectivity index (χ2n) is 3.94. The smallest absolute Gasteiger partial charge is 0.408 e. The van der Waals surface area contributed by atoms with Gasteiger partial charge < -0.3 is 9.05 Å². The standard InChI is InChI=1S/C10H22N2O2Si/c1-7-9(3)11-13-15(5,6)14-12-10(4)8-2/h7-8H2,1-6H3. The van der Waals surface area contributed by atoms with Crippen LogP contribution in [-0.2, 0) is 9.05 Å². The molecule has 0 N–H and O–H groups in total. The van der Waals surface area contributed by atoms with Gasteiger partial charge >= 0.3 is 8.56 Å². The van der Waals surface area contributed by atoms with Gasteiger partial charge in [-0.1, -0.05) is 13.8 Å². The second kappa shape index (κ2) is 6.61. The molecule has 4 nitrogen and oxygen atoms in total. The molecule has 0 atom stereocenters. The molecular formula is C10H22N2O2Si. The van der Waals surface area contributed by atoms with Crippen molar-refractivity contribution in [3.63, 3.8) is 0 Å². The van der Waals surface area contributed by atoms with Crippen LogP contribution in [0.15, 0.2) is 10.3 Å². The van der Waals surface area contributed by atoms with Crippen LogP contribution in [0.25, 0.3) is 0 Å². The third kappa shape index (κ3) is 7.13. The van der Waals surface area contributed by atoms with Gasteiger partial charge in [-0.2, -0.15) is 0 Å². The van der Waals surface area contributed by atoms with E-state index in [0.717, 1.165) is 24.3 Å². The number of nitrogens with zero attached hydrogens (tertiary/aromatic N) is 2. The summed E-state index contributed by atoms with van der Waals surface area (Å²) in [6, 6.07) is 0. The van der Waals surface area contributed by atoms with Crippen molar-refractivity contribution in [2.75, 3.05) is 0 Å². The number of rotatable bonds is 6. The highest BCUT2D eigenvalue weighted by Gasteiger charge is 2.29. The van der Waals surface area contributed by atoms with Crippen LogP contribution in [0.3, 0.4) is 0 Å². The summed E-state index contributed by atoms with van der Waals surface area (Å²) >= 11 is 0. The molecule has 0 aliphatic heterocycles. The predicted octanol–water partition coefficient (Wildman–Crippen LogP) is 3.29. The van der Waals surface area contributed by atoms with Crippen molar-refractivity contribution in [2.24, 2.45) is 10.3 Å². The lowest BCUT2D eigenvalue weighted by Gasteiger charge is -2.17. The first-order valence-corrected chi connectivity index (χ1v) is 8.16.